The van der Waals surface area contributed by atoms with Gasteiger partial charge >= 0.3 is 0 Å². The molecule has 0 aliphatic rings. The van der Waals surface area contributed by atoms with Crippen LogP contribution < -0.4 is 15.6 Å². The van der Waals surface area contributed by atoms with E-state index in [1.54, 1.807) is 31.4 Å². The molecule has 134 valence electrons. The molecule has 0 spiro atoms. The van der Waals surface area contributed by atoms with Crippen LogP contribution >= 0.6 is 11.6 Å². The summed E-state index contributed by atoms with van der Waals surface area (Å²) in [6, 6.07) is 12.5. The summed E-state index contributed by atoms with van der Waals surface area (Å²) in [5.74, 6) is 0.368. The van der Waals surface area contributed by atoms with E-state index in [0.717, 1.165) is 10.9 Å². The fraction of sp³-hybridized carbons (Fsp3) is 0.200. The molecule has 0 saturated heterocycles. The van der Waals surface area contributed by atoms with Crippen LogP contribution in [0.2, 0.25) is 5.02 Å². The summed E-state index contributed by atoms with van der Waals surface area (Å²) in [4.78, 5) is 27.4. The molecule has 26 heavy (non-hydrogen) atoms. The molecular formula is C20H19ClN2O3. The minimum absolute atomic E-state index is 0.187. The van der Waals surface area contributed by atoms with Gasteiger partial charge in [-0.2, -0.15) is 0 Å². The van der Waals surface area contributed by atoms with E-state index in [1.165, 1.54) is 0 Å². The first-order valence-electron chi connectivity index (χ1n) is 8.23. The molecule has 3 aromatic rings. The fourth-order valence-electron chi connectivity index (χ4n) is 2.86. The van der Waals surface area contributed by atoms with Crippen LogP contribution in [0.5, 0.6) is 5.75 Å². The van der Waals surface area contributed by atoms with Crippen LogP contribution in [-0.4, -0.2) is 24.5 Å². The lowest BCUT2D eigenvalue weighted by atomic mass is 10.1. The molecule has 2 aromatic carbocycles. The van der Waals surface area contributed by atoms with Gasteiger partial charge in [0.2, 0.25) is 0 Å². The molecule has 6 heteroatoms. The molecule has 1 aromatic heterocycles. The van der Waals surface area contributed by atoms with E-state index in [4.69, 9.17) is 16.3 Å². The quantitative estimate of drug-likeness (QED) is 0.722. The molecule has 0 radical (unpaired) electrons. The summed E-state index contributed by atoms with van der Waals surface area (Å²) in [5.41, 5.74) is 2.56. The zero-order valence-electron chi connectivity index (χ0n) is 14.6. The Morgan fingerprint density at radius 1 is 1.23 bits per heavy atom. The number of aromatic nitrogens is 1. The number of halogens is 1. The first-order valence-corrected chi connectivity index (χ1v) is 8.61. The molecule has 1 heterocycles. The topological polar surface area (TPSA) is 71.2 Å². The SMILES string of the molecule is COc1ccc(C)c2cc(CCNC(=O)c3ccccc3Cl)c(=O)[nH]c12. The lowest BCUT2D eigenvalue weighted by Gasteiger charge is -2.10. The average Bonchev–Trinajstić information content (AvgIpc) is 2.63. The minimum atomic E-state index is -0.259. The van der Waals surface area contributed by atoms with Crippen molar-refractivity contribution >= 4 is 28.4 Å². The number of nitrogens with one attached hydrogen (secondary N) is 2. The summed E-state index contributed by atoms with van der Waals surface area (Å²) >= 11 is 6.02. The number of H-pyrrole nitrogens is 1. The van der Waals surface area contributed by atoms with Gasteiger partial charge in [-0.15, -0.1) is 0 Å². The second-order valence-corrected chi connectivity index (χ2v) is 6.39. The largest absolute Gasteiger partial charge is 0.495 e. The van der Waals surface area contributed by atoms with Gasteiger partial charge in [0.05, 0.1) is 23.2 Å². The van der Waals surface area contributed by atoms with Crippen LogP contribution in [0.25, 0.3) is 10.9 Å². The van der Waals surface area contributed by atoms with Crippen molar-refractivity contribution < 1.29 is 9.53 Å². The summed E-state index contributed by atoms with van der Waals surface area (Å²) in [7, 11) is 1.57. The highest BCUT2D eigenvalue weighted by atomic mass is 35.5. The second-order valence-electron chi connectivity index (χ2n) is 5.98. The number of hydrogen-bond acceptors (Lipinski definition) is 3. The van der Waals surface area contributed by atoms with E-state index in [1.807, 2.05) is 25.1 Å². The van der Waals surface area contributed by atoms with Crippen molar-refractivity contribution in [1.82, 2.24) is 10.3 Å². The number of carbonyl (C=O) groups is 1. The normalized spacial score (nSPS) is 10.7. The van der Waals surface area contributed by atoms with Crippen LogP contribution in [0.15, 0.2) is 47.3 Å². The molecule has 0 saturated carbocycles. The molecule has 2 N–H and O–H groups in total. The first-order chi connectivity index (χ1) is 12.5. The Morgan fingerprint density at radius 3 is 2.73 bits per heavy atom. The molecular weight excluding hydrogens is 352 g/mol. The van der Waals surface area contributed by atoms with Crippen LogP contribution in [0.4, 0.5) is 0 Å². The van der Waals surface area contributed by atoms with Crippen LogP contribution in [-0.2, 0) is 6.42 Å². The monoisotopic (exact) mass is 370 g/mol. The number of carbonyl (C=O) groups excluding carboxylic acids is 1. The predicted molar refractivity (Wildman–Crippen MR) is 103 cm³/mol. The van der Waals surface area contributed by atoms with Crippen LogP contribution in [0.1, 0.15) is 21.5 Å². The van der Waals surface area contributed by atoms with Crippen LogP contribution in [0, 0.1) is 6.92 Å². The smallest absolute Gasteiger partial charge is 0.252 e. The van der Waals surface area contributed by atoms with Gasteiger partial charge < -0.3 is 15.0 Å². The number of fused-ring (bicyclic) bond motifs is 1. The lowest BCUT2D eigenvalue weighted by molar-refractivity contribution is 0.0954. The third kappa shape index (κ3) is 3.58. The second kappa shape index (κ2) is 7.62. The fourth-order valence-corrected chi connectivity index (χ4v) is 3.08. The van der Waals surface area contributed by atoms with Crippen molar-refractivity contribution in [3.8, 4) is 5.75 Å². The highest BCUT2D eigenvalue weighted by Crippen LogP contribution is 2.25. The molecule has 0 unspecified atom stereocenters. The van der Waals surface area contributed by atoms with Crippen molar-refractivity contribution in [3.63, 3.8) is 0 Å². The molecule has 0 bridgehead atoms. The molecule has 5 nitrogen and oxygen atoms in total. The minimum Gasteiger partial charge on any atom is -0.495 e. The molecule has 1 amide bonds. The van der Waals surface area contributed by atoms with Crippen molar-refractivity contribution in [2.24, 2.45) is 0 Å². The third-order valence-corrected chi connectivity index (χ3v) is 4.62. The van der Waals surface area contributed by atoms with Gasteiger partial charge in [0.1, 0.15) is 5.75 Å². The van der Waals surface area contributed by atoms with Gasteiger partial charge in [-0.25, -0.2) is 0 Å². The maximum Gasteiger partial charge on any atom is 0.252 e. The number of aryl methyl sites for hydroxylation is 1. The summed E-state index contributed by atoms with van der Waals surface area (Å²) in [5, 5.41) is 4.13. The Kier molecular flexibility index (Phi) is 5.28. The molecule has 3 rings (SSSR count). The Labute approximate surface area is 156 Å². The highest BCUT2D eigenvalue weighted by molar-refractivity contribution is 6.33. The number of rotatable bonds is 5. The lowest BCUT2D eigenvalue weighted by Crippen LogP contribution is -2.27. The zero-order chi connectivity index (χ0) is 18.7. The van der Waals surface area contributed by atoms with E-state index in [0.29, 0.717) is 40.4 Å². The Hall–Kier alpha value is -2.79. The average molecular weight is 371 g/mol. The van der Waals surface area contributed by atoms with Gasteiger partial charge in [-0.05, 0) is 43.2 Å². The van der Waals surface area contributed by atoms with E-state index in [2.05, 4.69) is 10.3 Å². The number of hydrogen-bond donors (Lipinski definition) is 2. The summed E-state index contributed by atoms with van der Waals surface area (Å²) in [6.07, 6.45) is 0.415. The van der Waals surface area contributed by atoms with Crippen molar-refractivity contribution in [2.75, 3.05) is 13.7 Å². The number of ether oxygens (including phenoxy) is 1. The Bertz CT molecular complexity index is 1030. The first kappa shape index (κ1) is 18.0. The molecule has 0 fully saturated rings. The van der Waals surface area contributed by atoms with Gasteiger partial charge in [-0.1, -0.05) is 29.8 Å². The predicted octanol–water partition coefficient (Wildman–Crippen LogP) is 3.47. The van der Waals surface area contributed by atoms with Gasteiger partial charge in [0, 0.05) is 17.5 Å². The number of aromatic amines is 1. The van der Waals surface area contributed by atoms with Gasteiger partial charge in [0.15, 0.2) is 0 Å². The van der Waals surface area contributed by atoms with Crippen molar-refractivity contribution in [2.45, 2.75) is 13.3 Å². The highest BCUT2D eigenvalue weighted by Gasteiger charge is 2.11. The number of amides is 1. The third-order valence-electron chi connectivity index (χ3n) is 4.29. The van der Waals surface area contributed by atoms with E-state index in [9.17, 15) is 9.59 Å². The molecule has 0 aliphatic heterocycles. The number of methoxy groups -OCH3 is 1. The maximum atomic E-state index is 12.4. The number of benzene rings is 2. The van der Waals surface area contributed by atoms with Gasteiger partial charge in [0.25, 0.3) is 11.5 Å². The van der Waals surface area contributed by atoms with E-state index < -0.39 is 0 Å². The van der Waals surface area contributed by atoms with Crippen LogP contribution in [0.3, 0.4) is 0 Å². The summed E-state index contributed by atoms with van der Waals surface area (Å²) in [6.45, 7) is 2.31. The van der Waals surface area contributed by atoms with Crippen molar-refractivity contribution in [3.05, 3.63) is 74.5 Å². The maximum absolute atomic E-state index is 12.4. The Morgan fingerprint density at radius 2 is 2.00 bits per heavy atom. The molecule has 0 aliphatic carbocycles. The van der Waals surface area contributed by atoms with E-state index in [-0.39, 0.29) is 11.5 Å². The number of pyridine rings is 1. The zero-order valence-corrected chi connectivity index (χ0v) is 15.3. The van der Waals surface area contributed by atoms with Crippen molar-refractivity contribution in [1.29, 1.82) is 0 Å². The standard InChI is InChI=1S/C20H19ClN2O3/c1-12-7-8-17(26-2)18-15(12)11-13(19(24)23-18)9-10-22-20(25)14-5-3-4-6-16(14)21/h3-8,11H,9-10H2,1-2H3,(H,22,25)(H,23,24). The summed E-state index contributed by atoms with van der Waals surface area (Å²) < 4.78 is 5.31. The molecule has 0 atom stereocenters. The Balaban J connectivity index is 1.78. The van der Waals surface area contributed by atoms with Gasteiger partial charge in [-0.3, -0.25) is 9.59 Å². The van der Waals surface area contributed by atoms with E-state index >= 15 is 0 Å².